The monoisotopic (exact) mass is 205 g/mol. The molecule has 2 unspecified atom stereocenters. The Labute approximate surface area is 86.2 Å². The van der Waals surface area contributed by atoms with E-state index < -0.39 is 0 Å². The summed E-state index contributed by atoms with van der Waals surface area (Å²) in [5, 5.41) is 0.245. The van der Waals surface area contributed by atoms with Gasteiger partial charge in [0.1, 0.15) is 0 Å². The number of hydrogen-bond donors (Lipinski definition) is 0. The Balaban J connectivity index is 2.03. The van der Waals surface area contributed by atoms with Crippen LogP contribution in [0.5, 0.6) is 0 Å². The summed E-state index contributed by atoms with van der Waals surface area (Å²) < 4.78 is 5.55. The van der Waals surface area contributed by atoms with Crippen LogP contribution in [0.2, 0.25) is 0 Å². The Hall–Kier alpha value is 0.210. The molecule has 0 amide bonds. The van der Waals surface area contributed by atoms with E-state index in [0.717, 1.165) is 26.1 Å². The maximum Gasteiger partial charge on any atom is 0.0588 e. The van der Waals surface area contributed by atoms with Gasteiger partial charge in [0.15, 0.2) is 0 Å². The molecule has 1 rings (SSSR count). The standard InChI is InChI=1S/C10H20ClNO/c1-9(11)8-12(2)6-5-10-4-3-7-13-10/h9-10H,3-8H2,1-2H3. The van der Waals surface area contributed by atoms with Crippen molar-refractivity contribution < 1.29 is 4.74 Å². The highest BCUT2D eigenvalue weighted by atomic mass is 35.5. The maximum absolute atomic E-state index is 5.90. The molecule has 0 aromatic rings. The van der Waals surface area contributed by atoms with Gasteiger partial charge >= 0.3 is 0 Å². The van der Waals surface area contributed by atoms with Gasteiger partial charge in [-0.3, -0.25) is 0 Å². The minimum Gasteiger partial charge on any atom is -0.378 e. The normalized spacial score (nSPS) is 25.4. The van der Waals surface area contributed by atoms with Crippen LogP contribution < -0.4 is 0 Å². The molecule has 1 heterocycles. The molecule has 0 spiro atoms. The zero-order valence-electron chi connectivity index (χ0n) is 8.63. The van der Waals surface area contributed by atoms with Crippen LogP contribution >= 0.6 is 11.6 Å². The molecule has 3 heteroatoms. The fourth-order valence-corrected chi connectivity index (χ4v) is 1.99. The molecule has 0 aromatic heterocycles. The predicted molar refractivity (Wildman–Crippen MR) is 56.4 cm³/mol. The fraction of sp³-hybridized carbons (Fsp3) is 1.00. The SMILES string of the molecule is CC(Cl)CN(C)CCC1CCCO1. The minimum absolute atomic E-state index is 0.245. The lowest BCUT2D eigenvalue weighted by molar-refractivity contribution is 0.0952. The first-order valence-corrected chi connectivity index (χ1v) is 5.56. The second-order valence-corrected chi connectivity index (χ2v) is 4.71. The molecule has 2 nitrogen and oxygen atoms in total. The third-order valence-corrected chi connectivity index (χ3v) is 2.56. The summed E-state index contributed by atoms with van der Waals surface area (Å²) in [4.78, 5) is 2.28. The molecule has 78 valence electrons. The van der Waals surface area contributed by atoms with Crippen LogP contribution in [-0.2, 0) is 4.74 Å². The molecule has 0 aliphatic carbocycles. The van der Waals surface area contributed by atoms with E-state index >= 15 is 0 Å². The molecule has 2 atom stereocenters. The van der Waals surface area contributed by atoms with E-state index in [4.69, 9.17) is 16.3 Å². The van der Waals surface area contributed by atoms with E-state index in [-0.39, 0.29) is 5.38 Å². The number of alkyl halides is 1. The van der Waals surface area contributed by atoms with Gasteiger partial charge in [0.25, 0.3) is 0 Å². The molecule has 1 fully saturated rings. The van der Waals surface area contributed by atoms with Crippen LogP contribution in [0.1, 0.15) is 26.2 Å². The average molecular weight is 206 g/mol. The van der Waals surface area contributed by atoms with E-state index in [0.29, 0.717) is 6.10 Å². The lowest BCUT2D eigenvalue weighted by atomic mass is 10.2. The third kappa shape index (κ3) is 4.84. The Morgan fingerprint density at radius 2 is 2.38 bits per heavy atom. The zero-order valence-corrected chi connectivity index (χ0v) is 9.39. The summed E-state index contributed by atoms with van der Waals surface area (Å²) in [5.74, 6) is 0. The summed E-state index contributed by atoms with van der Waals surface area (Å²) in [6.07, 6.45) is 4.14. The fourth-order valence-electron chi connectivity index (χ4n) is 1.76. The van der Waals surface area contributed by atoms with Crippen molar-refractivity contribution in [3.8, 4) is 0 Å². The number of nitrogens with zero attached hydrogens (tertiary/aromatic N) is 1. The number of halogens is 1. The van der Waals surface area contributed by atoms with Crippen molar-refractivity contribution in [2.75, 3.05) is 26.7 Å². The van der Waals surface area contributed by atoms with Crippen molar-refractivity contribution in [2.45, 2.75) is 37.7 Å². The topological polar surface area (TPSA) is 12.5 Å². The second-order valence-electron chi connectivity index (χ2n) is 3.97. The lowest BCUT2D eigenvalue weighted by Crippen LogP contribution is -2.28. The van der Waals surface area contributed by atoms with Crippen molar-refractivity contribution in [3.63, 3.8) is 0 Å². The molecule has 0 aromatic carbocycles. The average Bonchev–Trinajstić information content (AvgIpc) is 2.51. The van der Waals surface area contributed by atoms with Crippen LogP contribution in [0.3, 0.4) is 0 Å². The van der Waals surface area contributed by atoms with Crippen LogP contribution in [-0.4, -0.2) is 43.1 Å². The first kappa shape index (κ1) is 11.3. The minimum atomic E-state index is 0.245. The van der Waals surface area contributed by atoms with Gasteiger partial charge in [0.2, 0.25) is 0 Å². The van der Waals surface area contributed by atoms with Crippen molar-refractivity contribution in [3.05, 3.63) is 0 Å². The quantitative estimate of drug-likeness (QED) is 0.638. The van der Waals surface area contributed by atoms with E-state index in [2.05, 4.69) is 11.9 Å². The van der Waals surface area contributed by atoms with Gasteiger partial charge in [-0.25, -0.2) is 0 Å². The van der Waals surface area contributed by atoms with E-state index in [1.54, 1.807) is 0 Å². The largest absolute Gasteiger partial charge is 0.378 e. The summed E-state index contributed by atoms with van der Waals surface area (Å²) >= 11 is 5.90. The summed E-state index contributed by atoms with van der Waals surface area (Å²) in [6, 6.07) is 0. The van der Waals surface area contributed by atoms with E-state index in [1.807, 2.05) is 6.92 Å². The van der Waals surface area contributed by atoms with Crippen molar-refractivity contribution >= 4 is 11.6 Å². The van der Waals surface area contributed by atoms with Crippen LogP contribution in [0, 0.1) is 0 Å². The van der Waals surface area contributed by atoms with Gasteiger partial charge in [-0.15, -0.1) is 11.6 Å². The predicted octanol–water partition coefficient (Wildman–Crippen LogP) is 2.11. The molecular weight excluding hydrogens is 186 g/mol. The first-order chi connectivity index (χ1) is 6.18. The van der Waals surface area contributed by atoms with Gasteiger partial charge in [-0.05, 0) is 33.2 Å². The van der Waals surface area contributed by atoms with Crippen molar-refractivity contribution in [1.29, 1.82) is 0 Å². The summed E-state index contributed by atoms with van der Waals surface area (Å²) in [6.45, 7) is 5.06. The van der Waals surface area contributed by atoms with E-state index in [1.165, 1.54) is 12.8 Å². The molecular formula is C10H20ClNO. The number of hydrogen-bond acceptors (Lipinski definition) is 2. The zero-order chi connectivity index (χ0) is 9.68. The highest BCUT2D eigenvalue weighted by molar-refractivity contribution is 6.20. The Morgan fingerprint density at radius 1 is 1.62 bits per heavy atom. The Morgan fingerprint density at radius 3 is 2.92 bits per heavy atom. The van der Waals surface area contributed by atoms with Gasteiger partial charge in [-0.1, -0.05) is 0 Å². The van der Waals surface area contributed by atoms with E-state index in [9.17, 15) is 0 Å². The number of ether oxygens (including phenoxy) is 1. The van der Waals surface area contributed by atoms with Crippen molar-refractivity contribution in [1.82, 2.24) is 4.90 Å². The van der Waals surface area contributed by atoms with Crippen LogP contribution in [0.4, 0.5) is 0 Å². The van der Waals surface area contributed by atoms with Crippen molar-refractivity contribution in [2.24, 2.45) is 0 Å². The van der Waals surface area contributed by atoms with Gasteiger partial charge in [0.05, 0.1) is 6.10 Å². The molecule has 1 aliphatic rings. The molecule has 13 heavy (non-hydrogen) atoms. The molecule has 1 aliphatic heterocycles. The summed E-state index contributed by atoms with van der Waals surface area (Å²) in [5.41, 5.74) is 0. The third-order valence-electron chi connectivity index (χ3n) is 2.42. The van der Waals surface area contributed by atoms with Crippen LogP contribution in [0.25, 0.3) is 0 Å². The smallest absolute Gasteiger partial charge is 0.0588 e. The summed E-state index contributed by atoms with van der Waals surface area (Å²) in [7, 11) is 2.12. The highest BCUT2D eigenvalue weighted by Gasteiger charge is 2.15. The van der Waals surface area contributed by atoms with Gasteiger partial charge in [-0.2, -0.15) is 0 Å². The molecule has 0 radical (unpaired) electrons. The Kier molecular flexibility index (Phi) is 5.07. The Bertz CT molecular complexity index is 135. The molecule has 1 saturated heterocycles. The second kappa shape index (κ2) is 5.84. The number of rotatable bonds is 5. The van der Waals surface area contributed by atoms with Gasteiger partial charge in [0, 0.05) is 25.1 Å². The first-order valence-electron chi connectivity index (χ1n) is 5.12. The molecule has 0 N–H and O–H groups in total. The van der Waals surface area contributed by atoms with Crippen LogP contribution in [0.15, 0.2) is 0 Å². The molecule has 0 saturated carbocycles. The van der Waals surface area contributed by atoms with Gasteiger partial charge < -0.3 is 9.64 Å². The lowest BCUT2D eigenvalue weighted by Gasteiger charge is -2.19. The maximum atomic E-state index is 5.90. The highest BCUT2D eigenvalue weighted by Crippen LogP contribution is 2.15. The molecule has 0 bridgehead atoms.